The first kappa shape index (κ1) is 13.0. The van der Waals surface area contributed by atoms with E-state index < -0.39 is 0 Å². The smallest absolute Gasteiger partial charge is 0.225 e. The van der Waals surface area contributed by atoms with E-state index in [2.05, 4.69) is 11.2 Å². The van der Waals surface area contributed by atoms with Crippen molar-refractivity contribution < 1.29 is 4.79 Å². The van der Waals surface area contributed by atoms with Crippen LogP contribution in [0, 0.1) is 18.3 Å². The lowest BCUT2D eigenvalue weighted by Gasteiger charge is -2.16. The normalized spacial score (nSPS) is 14.1. The van der Waals surface area contributed by atoms with Gasteiger partial charge in [-0.3, -0.25) is 4.79 Å². The molecule has 0 bridgehead atoms. The van der Waals surface area contributed by atoms with Crippen molar-refractivity contribution in [3.63, 3.8) is 0 Å². The number of hydrogen-bond donors (Lipinski definition) is 2. The summed E-state index contributed by atoms with van der Waals surface area (Å²) in [6, 6.07) is -0.159. The summed E-state index contributed by atoms with van der Waals surface area (Å²) in [7, 11) is 0. The van der Waals surface area contributed by atoms with Gasteiger partial charge in [0.2, 0.25) is 5.91 Å². The molecule has 80 valence electrons. The molecule has 0 rings (SSSR count). The van der Waals surface area contributed by atoms with Crippen LogP contribution in [0.25, 0.3) is 0 Å². The van der Waals surface area contributed by atoms with Crippen LogP contribution in [0.3, 0.4) is 0 Å². The molecule has 2 unspecified atom stereocenters. The summed E-state index contributed by atoms with van der Waals surface area (Å²) in [4.78, 5) is 11.6. The molecule has 0 aromatic rings. The van der Waals surface area contributed by atoms with Crippen molar-refractivity contribution in [1.29, 1.82) is 0 Å². The van der Waals surface area contributed by atoms with Crippen LogP contribution in [0.1, 0.15) is 33.1 Å². The van der Waals surface area contributed by atoms with Crippen molar-refractivity contribution in [3.8, 4) is 12.3 Å². The Morgan fingerprint density at radius 2 is 2.21 bits per heavy atom. The number of hydrogen-bond acceptors (Lipinski definition) is 2. The van der Waals surface area contributed by atoms with Crippen LogP contribution >= 0.6 is 0 Å². The Morgan fingerprint density at radius 1 is 1.57 bits per heavy atom. The second-order valence-electron chi connectivity index (χ2n) is 3.36. The number of carbonyl (C=O) groups is 1. The number of amides is 1. The Balaban J connectivity index is 4.10. The van der Waals surface area contributed by atoms with Gasteiger partial charge in [0.15, 0.2) is 0 Å². The fourth-order valence-corrected chi connectivity index (χ4v) is 1.26. The van der Waals surface area contributed by atoms with Crippen molar-refractivity contribution in [2.24, 2.45) is 11.7 Å². The van der Waals surface area contributed by atoms with Gasteiger partial charge in [0.1, 0.15) is 0 Å². The minimum Gasteiger partial charge on any atom is -0.342 e. The fraction of sp³-hybridized carbons (Fsp3) is 0.727. The first-order valence-corrected chi connectivity index (χ1v) is 5.16. The molecule has 0 saturated heterocycles. The Labute approximate surface area is 86.4 Å². The van der Waals surface area contributed by atoms with Gasteiger partial charge in [0.05, 0.1) is 12.0 Å². The van der Waals surface area contributed by atoms with Crippen LogP contribution in [0.4, 0.5) is 0 Å². The molecule has 0 spiro atoms. The van der Waals surface area contributed by atoms with Gasteiger partial charge in [-0.2, -0.15) is 0 Å². The third-order valence-corrected chi connectivity index (χ3v) is 2.22. The molecular formula is C11H20N2O. The van der Waals surface area contributed by atoms with E-state index in [1.54, 1.807) is 0 Å². The molecule has 1 amide bonds. The number of rotatable bonds is 6. The average Bonchev–Trinajstić information content (AvgIpc) is 2.22. The van der Waals surface area contributed by atoms with E-state index in [4.69, 9.17) is 12.2 Å². The molecule has 0 fully saturated rings. The molecule has 0 radical (unpaired) electrons. The lowest BCUT2D eigenvalue weighted by molar-refractivity contribution is -0.125. The first-order chi connectivity index (χ1) is 6.69. The van der Waals surface area contributed by atoms with E-state index in [0.717, 1.165) is 19.3 Å². The molecule has 0 saturated carbocycles. The van der Waals surface area contributed by atoms with E-state index in [0.29, 0.717) is 6.54 Å². The van der Waals surface area contributed by atoms with Crippen LogP contribution in [0.15, 0.2) is 0 Å². The predicted molar refractivity (Wildman–Crippen MR) is 58.5 cm³/mol. The summed E-state index contributed by atoms with van der Waals surface area (Å²) in [5.74, 6) is 2.42. The van der Waals surface area contributed by atoms with Crippen LogP contribution < -0.4 is 11.1 Å². The number of nitrogens with one attached hydrogen (secondary N) is 1. The van der Waals surface area contributed by atoms with Crippen molar-refractivity contribution in [2.75, 3.05) is 6.54 Å². The van der Waals surface area contributed by atoms with Gasteiger partial charge in [-0.05, 0) is 12.8 Å². The highest BCUT2D eigenvalue weighted by atomic mass is 16.1. The summed E-state index contributed by atoms with van der Waals surface area (Å²) < 4.78 is 0. The number of nitrogens with two attached hydrogens (primary N) is 1. The Bertz CT molecular complexity index is 208. The van der Waals surface area contributed by atoms with Gasteiger partial charge in [-0.1, -0.05) is 26.2 Å². The van der Waals surface area contributed by atoms with E-state index >= 15 is 0 Å². The van der Waals surface area contributed by atoms with E-state index in [9.17, 15) is 4.79 Å². The number of carbonyl (C=O) groups excluding carboxylic acids is 1. The summed E-state index contributed by atoms with van der Waals surface area (Å²) in [6.07, 6.45) is 7.79. The highest BCUT2D eigenvalue weighted by molar-refractivity contribution is 5.79. The molecule has 3 heteroatoms. The SMILES string of the molecule is C#CC(CC)NC(=O)C(CN)CCC. The monoisotopic (exact) mass is 196 g/mol. The highest BCUT2D eigenvalue weighted by Crippen LogP contribution is 2.05. The fourth-order valence-electron chi connectivity index (χ4n) is 1.26. The molecular weight excluding hydrogens is 176 g/mol. The van der Waals surface area contributed by atoms with Gasteiger partial charge in [-0.25, -0.2) is 0 Å². The summed E-state index contributed by atoms with van der Waals surface area (Å²) in [6.45, 7) is 4.37. The predicted octanol–water partition coefficient (Wildman–Crippen LogP) is 0.889. The lowest BCUT2D eigenvalue weighted by Crippen LogP contribution is -2.40. The second kappa shape index (κ2) is 7.40. The lowest BCUT2D eigenvalue weighted by atomic mass is 10.0. The zero-order valence-electron chi connectivity index (χ0n) is 9.05. The summed E-state index contributed by atoms with van der Waals surface area (Å²) >= 11 is 0. The van der Waals surface area contributed by atoms with Gasteiger partial charge in [0.25, 0.3) is 0 Å². The highest BCUT2D eigenvalue weighted by Gasteiger charge is 2.17. The maximum atomic E-state index is 11.6. The molecule has 0 aliphatic rings. The molecule has 0 heterocycles. The molecule has 0 aromatic carbocycles. The van der Waals surface area contributed by atoms with Crippen molar-refractivity contribution in [1.82, 2.24) is 5.32 Å². The van der Waals surface area contributed by atoms with Crippen LogP contribution in [0.5, 0.6) is 0 Å². The van der Waals surface area contributed by atoms with E-state index in [1.165, 1.54) is 0 Å². The first-order valence-electron chi connectivity index (χ1n) is 5.16. The number of terminal acetylenes is 1. The van der Waals surface area contributed by atoms with Crippen LogP contribution in [-0.4, -0.2) is 18.5 Å². The van der Waals surface area contributed by atoms with Crippen molar-refractivity contribution in [3.05, 3.63) is 0 Å². The van der Waals surface area contributed by atoms with E-state index in [-0.39, 0.29) is 17.9 Å². The summed E-state index contributed by atoms with van der Waals surface area (Å²) in [5.41, 5.74) is 5.51. The van der Waals surface area contributed by atoms with E-state index in [1.807, 2.05) is 13.8 Å². The molecule has 0 aliphatic heterocycles. The topological polar surface area (TPSA) is 55.1 Å². The minimum absolute atomic E-state index is 0.0147. The maximum Gasteiger partial charge on any atom is 0.225 e. The standard InChI is InChI=1S/C11H20N2O/c1-4-7-9(8-12)11(14)13-10(5-2)6-3/h2,9-10H,4,6-8,12H2,1,3H3,(H,13,14). The maximum absolute atomic E-state index is 11.6. The van der Waals surface area contributed by atoms with Crippen molar-refractivity contribution in [2.45, 2.75) is 39.2 Å². The molecule has 0 aliphatic carbocycles. The minimum atomic E-state index is -0.159. The third-order valence-electron chi connectivity index (χ3n) is 2.22. The molecule has 14 heavy (non-hydrogen) atoms. The Morgan fingerprint density at radius 3 is 2.57 bits per heavy atom. The van der Waals surface area contributed by atoms with Gasteiger partial charge >= 0.3 is 0 Å². The van der Waals surface area contributed by atoms with Crippen LogP contribution in [0.2, 0.25) is 0 Å². The second-order valence-corrected chi connectivity index (χ2v) is 3.36. The molecule has 2 atom stereocenters. The molecule has 3 N–H and O–H groups in total. The zero-order chi connectivity index (χ0) is 11.0. The Kier molecular flexibility index (Phi) is 6.87. The largest absolute Gasteiger partial charge is 0.342 e. The average molecular weight is 196 g/mol. The Hall–Kier alpha value is -1.01. The molecule has 3 nitrogen and oxygen atoms in total. The van der Waals surface area contributed by atoms with Gasteiger partial charge in [-0.15, -0.1) is 6.42 Å². The van der Waals surface area contributed by atoms with Crippen LogP contribution in [-0.2, 0) is 4.79 Å². The quantitative estimate of drug-likeness (QED) is 0.620. The van der Waals surface area contributed by atoms with Gasteiger partial charge < -0.3 is 11.1 Å². The molecule has 0 aromatic heterocycles. The van der Waals surface area contributed by atoms with Crippen molar-refractivity contribution >= 4 is 5.91 Å². The zero-order valence-corrected chi connectivity index (χ0v) is 9.05. The summed E-state index contributed by atoms with van der Waals surface area (Å²) in [5, 5.41) is 2.80. The van der Waals surface area contributed by atoms with Gasteiger partial charge in [0, 0.05) is 6.54 Å². The third kappa shape index (κ3) is 4.29.